The molecule has 0 spiro atoms. The molecule has 0 amide bonds. The number of imidazole rings is 1. The zero-order chi connectivity index (χ0) is 14.9. The molecule has 0 aliphatic heterocycles. The first-order chi connectivity index (χ1) is 10.8. The molecule has 0 saturated heterocycles. The fraction of sp³-hybridized carbons (Fsp3) is 0.105. The normalized spacial score (nSPS) is 11.1. The number of hydrogen-bond acceptors (Lipinski definition) is 0. The summed E-state index contributed by atoms with van der Waals surface area (Å²) in [7, 11) is 0. The minimum absolute atomic E-state index is 0.827. The van der Waals surface area contributed by atoms with Crippen LogP contribution >= 0.6 is 0 Å². The van der Waals surface area contributed by atoms with E-state index < -0.39 is 0 Å². The van der Waals surface area contributed by atoms with E-state index in [2.05, 4.69) is 77.5 Å². The fourth-order valence-electron chi connectivity index (χ4n) is 2.85. The molecule has 0 aliphatic rings. The van der Waals surface area contributed by atoms with Gasteiger partial charge in [-0.1, -0.05) is 48.5 Å². The predicted octanol–water partition coefficient (Wildman–Crippen LogP) is 3.40. The topological polar surface area (TPSA) is 24.6 Å². The Morgan fingerprint density at radius 1 is 1.05 bits per heavy atom. The first kappa shape index (κ1) is 12.9. The smallest absolute Gasteiger partial charge is 0.172 e. The second-order valence-corrected chi connectivity index (χ2v) is 5.53. The first-order valence-electron chi connectivity index (χ1n) is 7.43. The third kappa shape index (κ3) is 2.21. The van der Waals surface area contributed by atoms with Crippen LogP contribution in [0.25, 0.3) is 16.7 Å². The number of para-hydroxylation sites is 1. The number of nitrogens with one attached hydrogen (secondary N) is 1. The average Bonchev–Trinajstić information content (AvgIpc) is 3.14. The second kappa shape index (κ2) is 5.19. The van der Waals surface area contributed by atoms with Crippen LogP contribution in [-0.4, -0.2) is 9.55 Å². The Morgan fingerprint density at radius 2 is 1.82 bits per heavy atom. The molecular formula is C19H17N3. The number of nitrogens with zero attached hydrogens (tertiary/aromatic N) is 2. The number of aromatic nitrogens is 3. The van der Waals surface area contributed by atoms with Crippen LogP contribution in [0.3, 0.4) is 0 Å². The molecule has 2 heterocycles. The van der Waals surface area contributed by atoms with E-state index in [1.807, 2.05) is 16.8 Å². The second-order valence-electron chi connectivity index (χ2n) is 5.53. The van der Waals surface area contributed by atoms with Crippen LogP contribution in [0.1, 0.15) is 11.1 Å². The maximum absolute atomic E-state index is 3.48. The molecule has 0 radical (unpaired) electrons. The van der Waals surface area contributed by atoms with Gasteiger partial charge in [-0.3, -0.25) is 0 Å². The molecule has 1 N–H and O–H groups in total. The summed E-state index contributed by atoms with van der Waals surface area (Å²) >= 11 is 0. The van der Waals surface area contributed by atoms with E-state index in [1.165, 1.54) is 16.5 Å². The van der Waals surface area contributed by atoms with Crippen molar-refractivity contribution in [1.82, 2.24) is 9.55 Å². The Bertz CT molecular complexity index is 916. The standard InChI is InChI=1S/C19H17N3/c1-15-17-9-5-6-10-18(17)20-19(15)22-12-11-21(14-22)13-16-7-3-2-4-8-16/h2-12,20H,13H2,1H3. The van der Waals surface area contributed by atoms with Gasteiger partial charge < -0.3 is 14.1 Å². The summed E-state index contributed by atoms with van der Waals surface area (Å²) in [4.78, 5) is 3.48. The number of aromatic amines is 1. The van der Waals surface area contributed by atoms with Crippen LogP contribution in [0.5, 0.6) is 0 Å². The third-order valence-corrected chi connectivity index (χ3v) is 4.01. The van der Waals surface area contributed by atoms with Gasteiger partial charge in [0.2, 0.25) is 0 Å². The van der Waals surface area contributed by atoms with E-state index in [4.69, 9.17) is 0 Å². The molecule has 0 fully saturated rings. The molecule has 0 atom stereocenters. The summed E-state index contributed by atoms with van der Waals surface area (Å²) in [5, 5.41) is 1.26. The molecule has 3 heteroatoms. The maximum Gasteiger partial charge on any atom is 0.172 e. The van der Waals surface area contributed by atoms with Gasteiger partial charge in [0.1, 0.15) is 0 Å². The monoisotopic (exact) mass is 287 g/mol. The van der Waals surface area contributed by atoms with E-state index in [0.717, 1.165) is 17.9 Å². The van der Waals surface area contributed by atoms with Gasteiger partial charge in [0.25, 0.3) is 0 Å². The van der Waals surface area contributed by atoms with Gasteiger partial charge in [0, 0.05) is 5.39 Å². The Morgan fingerprint density at radius 3 is 2.64 bits per heavy atom. The minimum atomic E-state index is 0.827. The quantitative estimate of drug-likeness (QED) is 0.441. The highest BCUT2D eigenvalue weighted by atomic mass is 15.2. The van der Waals surface area contributed by atoms with Crippen LogP contribution in [-0.2, 0) is 6.54 Å². The number of H-pyrrole nitrogens is 1. The van der Waals surface area contributed by atoms with E-state index >= 15 is 0 Å². The van der Waals surface area contributed by atoms with Gasteiger partial charge in [-0.15, -0.1) is 0 Å². The minimum Gasteiger partial charge on any atom is -0.350 e. The van der Waals surface area contributed by atoms with Crippen molar-refractivity contribution < 1.29 is 4.57 Å². The molecule has 0 unspecified atom stereocenters. The van der Waals surface area contributed by atoms with Crippen molar-refractivity contribution in [3.8, 4) is 5.82 Å². The fourth-order valence-corrected chi connectivity index (χ4v) is 2.85. The van der Waals surface area contributed by atoms with Crippen LogP contribution in [0.2, 0.25) is 0 Å². The molecule has 0 bridgehead atoms. The average molecular weight is 287 g/mol. The maximum atomic E-state index is 3.48. The molecule has 3 nitrogen and oxygen atoms in total. The highest BCUT2D eigenvalue weighted by Gasteiger charge is 2.09. The van der Waals surface area contributed by atoms with Gasteiger partial charge in [-0.25, -0.2) is 0 Å². The van der Waals surface area contributed by atoms with E-state index in [-0.39, 0.29) is 0 Å². The first-order valence-corrected chi connectivity index (χ1v) is 7.43. The highest BCUT2D eigenvalue weighted by Crippen LogP contribution is 2.21. The number of aryl methyl sites for hydroxylation is 1. The molecule has 4 aromatic rings. The van der Waals surface area contributed by atoms with Gasteiger partial charge in [0.05, 0.1) is 12.1 Å². The van der Waals surface area contributed by atoms with Crippen molar-refractivity contribution in [2.45, 2.75) is 13.5 Å². The Kier molecular flexibility index (Phi) is 3.04. The molecular weight excluding hydrogens is 270 g/mol. The van der Waals surface area contributed by atoms with Gasteiger partial charge in [0.15, 0.2) is 12.1 Å². The molecule has 0 saturated carbocycles. The number of fused-ring (bicyclic) bond motifs is 1. The van der Waals surface area contributed by atoms with Crippen LogP contribution < -0.4 is 4.57 Å². The van der Waals surface area contributed by atoms with Crippen molar-refractivity contribution in [3.63, 3.8) is 0 Å². The summed E-state index contributed by atoms with van der Waals surface area (Å²) in [6, 6.07) is 18.8. The molecule has 2 aromatic carbocycles. The highest BCUT2D eigenvalue weighted by molar-refractivity contribution is 5.85. The van der Waals surface area contributed by atoms with Crippen LogP contribution in [0.4, 0.5) is 0 Å². The van der Waals surface area contributed by atoms with E-state index in [9.17, 15) is 0 Å². The molecule has 4 rings (SSSR count). The Balaban J connectivity index is 1.69. The van der Waals surface area contributed by atoms with E-state index in [1.54, 1.807) is 0 Å². The predicted molar refractivity (Wildman–Crippen MR) is 86.9 cm³/mol. The zero-order valence-electron chi connectivity index (χ0n) is 12.5. The lowest BCUT2D eigenvalue weighted by Crippen LogP contribution is -2.29. The summed E-state index contributed by atoms with van der Waals surface area (Å²) in [5.41, 5.74) is 3.68. The van der Waals surface area contributed by atoms with Crippen molar-refractivity contribution in [2.24, 2.45) is 0 Å². The molecule has 22 heavy (non-hydrogen) atoms. The van der Waals surface area contributed by atoms with Crippen molar-refractivity contribution in [3.05, 3.63) is 84.4 Å². The lowest BCUT2D eigenvalue weighted by molar-refractivity contribution is -0.603. The largest absolute Gasteiger partial charge is 0.350 e. The Labute approximate surface area is 129 Å². The molecule has 108 valence electrons. The van der Waals surface area contributed by atoms with Crippen LogP contribution in [0, 0.1) is 13.3 Å². The van der Waals surface area contributed by atoms with Gasteiger partial charge in [-0.05, 0) is 36.5 Å². The lowest BCUT2D eigenvalue weighted by atomic mass is 10.2. The number of benzene rings is 2. The summed E-state index contributed by atoms with van der Waals surface area (Å²) in [6.07, 6.45) is 7.48. The Hall–Kier alpha value is -2.81. The van der Waals surface area contributed by atoms with E-state index in [0.29, 0.717) is 0 Å². The van der Waals surface area contributed by atoms with Gasteiger partial charge in [-0.2, -0.15) is 0 Å². The van der Waals surface area contributed by atoms with Gasteiger partial charge >= 0.3 is 0 Å². The summed E-state index contributed by atoms with van der Waals surface area (Å²) in [5.74, 6) is 1.08. The van der Waals surface area contributed by atoms with Crippen molar-refractivity contribution in [2.75, 3.05) is 0 Å². The summed E-state index contributed by atoms with van der Waals surface area (Å²) < 4.78 is 4.10. The third-order valence-electron chi connectivity index (χ3n) is 4.01. The molecule has 2 aromatic heterocycles. The van der Waals surface area contributed by atoms with Crippen molar-refractivity contribution >= 4 is 10.9 Å². The number of hydrogen-bond donors (Lipinski definition) is 1. The molecule has 0 aliphatic carbocycles. The summed E-state index contributed by atoms with van der Waals surface area (Å²) in [6.45, 7) is 2.97. The zero-order valence-corrected chi connectivity index (χ0v) is 12.5. The van der Waals surface area contributed by atoms with Crippen molar-refractivity contribution in [1.29, 1.82) is 0 Å². The van der Waals surface area contributed by atoms with Crippen LogP contribution in [0.15, 0.2) is 67.0 Å². The SMILES string of the molecule is Cc1c(-[n+]2[c-]n(Cc3ccccc3)cc2)[nH]c2ccccc12. The lowest BCUT2D eigenvalue weighted by Gasteiger charge is -2.03. The number of rotatable bonds is 3.